The number of benzene rings is 2. The van der Waals surface area contributed by atoms with Crippen molar-refractivity contribution in [2.45, 2.75) is 59.4 Å². The van der Waals surface area contributed by atoms with Gasteiger partial charge >= 0.3 is 5.97 Å². The summed E-state index contributed by atoms with van der Waals surface area (Å²) in [6.45, 7) is 9.58. The molecule has 0 bridgehead atoms. The van der Waals surface area contributed by atoms with Gasteiger partial charge in [-0.3, -0.25) is 9.59 Å². The summed E-state index contributed by atoms with van der Waals surface area (Å²) in [6.07, 6.45) is 4.16. The third-order valence-corrected chi connectivity index (χ3v) is 6.76. The standard InChI is InChI=1S/C28H38NO3.Y/c1-4-5-17-32-28(31)25-15-10-16-29(20-25,19-24-13-7-6-8-14-24)21-26(30)18-27-22(2)11-9-12-23(27)3;/h6-9,11-14,25H,4-5,10,15-21H2,1-3H3;/q+1;. The summed E-state index contributed by atoms with van der Waals surface area (Å²) in [5, 5.41) is 0. The van der Waals surface area contributed by atoms with E-state index in [2.05, 4.69) is 45.0 Å². The number of Topliss-reactive ketones (excluding diaryl/α,β-unsaturated/α-hetero) is 1. The number of rotatable bonds is 10. The molecule has 0 aromatic heterocycles. The van der Waals surface area contributed by atoms with E-state index in [9.17, 15) is 9.59 Å². The van der Waals surface area contributed by atoms with E-state index in [0.717, 1.165) is 44.3 Å². The van der Waals surface area contributed by atoms with Crippen LogP contribution in [-0.2, 0) is 60.0 Å². The first kappa shape index (κ1) is 27.9. The first-order valence-corrected chi connectivity index (χ1v) is 12.0. The van der Waals surface area contributed by atoms with Gasteiger partial charge in [-0.2, -0.15) is 0 Å². The number of esters is 1. The van der Waals surface area contributed by atoms with Gasteiger partial charge in [-0.05, 0) is 49.8 Å². The van der Waals surface area contributed by atoms with E-state index in [1.165, 1.54) is 16.7 Å². The largest absolute Gasteiger partial charge is 0.465 e. The molecule has 175 valence electrons. The van der Waals surface area contributed by atoms with E-state index in [1.807, 2.05) is 24.3 Å². The maximum absolute atomic E-state index is 13.3. The topological polar surface area (TPSA) is 43.4 Å². The summed E-state index contributed by atoms with van der Waals surface area (Å²) in [4.78, 5) is 26.1. The zero-order valence-electron chi connectivity index (χ0n) is 20.5. The third-order valence-electron chi connectivity index (χ3n) is 6.76. The minimum atomic E-state index is -0.127. The summed E-state index contributed by atoms with van der Waals surface area (Å²) in [6, 6.07) is 16.6. The quantitative estimate of drug-likeness (QED) is 0.244. The molecule has 1 aliphatic heterocycles. The van der Waals surface area contributed by atoms with Crippen LogP contribution in [0.1, 0.15) is 54.9 Å². The van der Waals surface area contributed by atoms with Crippen LogP contribution in [0.5, 0.6) is 0 Å². The minimum absolute atomic E-state index is 0. The number of aryl methyl sites for hydroxylation is 2. The van der Waals surface area contributed by atoms with Crippen molar-refractivity contribution < 1.29 is 51.5 Å². The Morgan fingerprint density at radius 1 is 1.03 bits per heavy atom. The number of carbonyl (C=O) groups is 2. The Morgan fingerprint density at radius 3 is 2.39 bits per heavy atom. The Balaban J connectivity index is 0.00000385. The number of carbonyl (C=O) groups excluding carboxylic acids is 2. The molecule has 2 aromatic rings. The number of nitrogens with zero attached hydrogens (tertiary/aromatic N) is 1. The van der Waals surface area contributed by atoms with Crippen molar-refractivity contribution in [2.75, 3.05) is 26.2 Å². The normalized spacial score (nSPS) is 20.0. The second-order valence-electron chi connectivity index (χ2n) is 9.50. The van der Waals surface area contributed by atoms with Crippen LogP contribution in [0.15, 0.2) is 48.5 Å². The van der Waals surface area contributed by atoms with Crippen molar-refractivity contribution in [3.05, 3.63) is 70.8 Å². The van der Waals surface area contributed by atoms with Crippen LogP contribution in [0.3, 0.4) is 0 Å². The van der Waals surface area contributed by atoms with Crippen molar-refractivity contribution in [2.24, 2.45) is 5.92 Å². The fourth-order valence-electron chi connectivity index (χ4n) is 5.02. The van der Waals surface area contributed by atoms with Crippen molar-refractivity contribution in [1.82, 2.24) is 0 Å². The average molecular weight is 526 g/mol. The Bertz CT molecular complexity index is 894. The molecule has 0 spiro atoms. The van der Waals surface area contributed by atoms with Crippen molar-refractivity contribution in [3.63, 3.8) is 0 Å². The molecule has 0 saturated carbocycles. The van der Waals surface area contributed by atoms with Gasteiger partial charge in [0.15, 0.2) is 5.78 Å². The molecule has 2 unspecified atom stereocenters. The van der Waals surface area contributed by atoms with Gasteiger partial charge in [0.25, 0.3) is 0 Å². The maximum atomic E-state index is 13.3. The van der Waals surface area contributed by atoms with Gasteiger partial charge in [0.1, 0.15) is 19.0 Å². The summed E-state index contributed by atoms with van der Waals surface area (Å²) < 4.78 is 6.20. The molecular weight excluding hydrogens is 487 g/mol. The Kier molecular flexibility index (Phi) is 11.4. The van der Waals surface area contributed by atoms with Gasteiger partial charge in [0.2, 0.25) is 0 Å². The number of piperidine rings is 1. The van der Waals surface area contributed by atoms with Crippen LogP contribution in [0.25, 0.3) is 0 Å². The van der Waals surface area contributed by atoms with Crippen LogP contribution >= 0.6 is 0 Å². The zero-order valence-corrected chi connectivity index (χ0v) is 23.4. The van der Waals surface area contributed by atoms with Crippen molar-refractivity contribution in [3.8, 4) is 0 Å². The van der Waals surface area contributed by atoms with E-state index in [-0.39, 0.29) is 50.4 Å². The van der Waals surface area contributed by atoms with Crippen molar-refractivity contribution in [1.29, 1.82) is 0 Å². The molecule has 1 aliphatic rings. The van der Waals surface area contributed by atoms with Gasteiger partial charge in [0.05, 0.1) is 19.7 Å². The van der Waals surface area contributed by atoms with Gasteiger partial charge in [-0.1, -0.05) is 61.9 Å². The first-order chi connectivity index (χ1) is 15.4. The Morgan fingerprint density at radius 2 is 1.73 bits per heavy atom. The second kappa shape index (κ2) is 13.5. The predicted molar refractivity (Wildman–Crippen MR) is 128 cm³/mol. The maximum Gasteiger partial charge on any atom is 0.314 e. The van der Waals surface area contributed by atoms with Gasteiger partial charge in [-0.25, -0.2) is 0 Å². The molecule has 1 radical (unpaired) electrons. The van der Waals surface area contributed by atoms with Crippen LogP contribution in [-0.4, -0.2) is 42.5 Å². The number of quaternary nitrogens is 1. The molecule has 1 heterocycles. The summed E-state index contributed by atoms with van der Waals surface area (Å²) in [5.41, 5.74) is 4.70. The smallest absolute Gasteiger partial charge is 0.314 e. The van der Waals surface area contributed by atoms with Gasteiger partial charge in [-0.15, -0.1) is 0 Å². The molecule has 2 aromatic carbocycles. The molecule has 3 rings (SSSR count). The Labute approximate surface area is 224 Å². The number of likely N-dealkylation sites (tertiary alicyclic amines) is 1. The molecule has 0 aliphatic carbocycles. The molecule has 33 heavy (non-hydrogen) atoms. The van der Waals surface area contributed by atoms with E-state index >= 15 is 0 Å². The number of hydrogen-bond acceptors (Lipinski definition) is 3. The zero-order chi connectivity index (χ0) is 23.0. The van der Waals surface area contributed by atoms with Gasteiger partial charge < -0.3 is 9.22 Å². The predicted octanol–water partition coefficient (Wildman–Crippen LogP) is 5.18. The Hall–Kier alpha value is -1.36. The number of ketones is 1. The molecule has 0 amide bonds. The van der Waals surface area contributed by atoms with E-state index in [1.54, 1.807) is 0 Å². The fraction of sp³-hybridized carbons (Fsp3) is 0.500. The number of hydrogen-bond donors (Lipinski definition) is 0. The number of unbranched alkanes of at least 4 members (excludes halogenated alkanes) is 1. The third kappa shape index (κ3) is 8.12. The molecule has 1 saturated heterocycles. The number of ether oxygens (including phenoxy) is 1. The summed E-state index contributed by atoms with van der Waals surface area (Å²) >= 11 is 0. The summed E-state index contributed by atoms with van der Waals surface area (Å²) in [5.74, 6) is 0.0338. The second-order valence-corrected chi connectivity index (χ2v) is 9.50. The SMILES string of the molecule is CCCCOC(=O)C1CCC[N+](CC(=O)Cc2c(C)cccc2C)(Cc2ccccc2)C1.[Y]. The van der Waals surface area contributed by atoms with Crippen LogP contribution < -0.4 is 0 Å². The monoisotopic (exact) mass is 525 g/mol. The molecule has 1 fully saturated rings. The average Bonchev–Trinajstić information content (AvgIpc) is 2.77. The van der Waals surface area contributed by atoms with Crippen molar-refractivity contribution >= 4 is 11.8 Å². The van der Waals surface area contributed by atoms with Crippen LogP contribution in [0.4, 0.5) is 0 Å². The van der Waals surface area contributed by atoms with Gasteiger partial charge in [0, 0.05) is 44.7 Å². The fourth-order valence-corrected chi connectivity index (χ4v) is 5.02. The van der Waals surface area contributed by atoms with E-state index < -0.39 is 0 Å². The molecule has 5 heteroatoms. The molecular formula is C28H38NO3Y+. The molecule has 2 atom stereocenters. The first-order valence-electron chi connectivity index (χ1n) is 12.0. The van der Waals surface area contributed by atoms with E-state index in [0.29, 0.717) is 30.6 Å². The summed E-state index contributed by atoms with van der Waals surface area (Å²) in [7, 11) is 0. The van der Waals surface area contributed by atoms with Crippen LogP contribution in [0, 0.1) is 19.8 Å². The molecule has 0 N–H and O–H groups in total. The van der Waals surface area contributed by atoms with E-state index in [4.69, 9.17) is 4.74 Å². The minimum Gasteiger partial charge on any atom is -0.465 e. The molecule has 4 nitrogen and oxygen atoms in total. The van der Waals surface area contributed by atoms with Crippen LogP contribution in [0.2, 0.25) is 0 Å².